The van der Waals surface area contributed by atoms with Gasteiger partial charge in [0.2, 0.25) is 0 Å². The summed E-state index contributed by atoms with van der Waals surface area (Å²) in [4.78, 5) is 2.71. The molecule has 0 amide bonds. The van der Waals surface area contributed by atoms with E-state index in [1.54, 1.807) is 0 Å². The Balaban J connectivity index is 0.00000106. The van der Waals surface area contributed by atoms with Crippen molar-refractivity contribution in [2.45, 2.75) is 79.8 Å². The van der Waals surface area contributed by atoms with Crippen molar-refractivity contribution >= 4 is 0 Å². The van der Waals surface area contributed by atoms with E-state index in [1.807, 2.05) is 13.8 Å². The Morgan fingerprint density at radius 2 is 1.69 bits per heavy atom. The minimum atomic E-state index is 0.722. The molecular weight excluding hydrogens is 194 g/mol. The van der Waals surface area contributed by atoms with Gasteiger partial charge in [0.1, 0.15) is 0 Å². The lowest BCUT2D eigenvalue weighted by Crippen LogP contribution is -2.48. The molecule has 0 aromatic carbocycles. The predicted molar refractivity (Wildman–Crippen MR) is 74.8 cm³/mol. The van der Waals surface area contributed by atoms with E-state index in [9.17, 15) is 0 Å². The van der Waals surface area contributed by atoms with Gasteiger partial charge in [0.25, 0.3) is 0 Å². The van der Waals surface area contributed by atoms with E-state index >= 15 is 0 Å². The monoisotopic (exact) mass is 227 g/mol. The van der Waals surface area contributed by atoms with E-state index in [0.717, 1.165) is 23.9 Å². The van der Waals surface area contributed by atoms with Gasteiger partial charge in [-0.2, -0.15) is 0 Å². The second-order valence-corrected chi connectivity index (χ2v) is 5.44. The lowest BCUT2D eigenvalue weighted by molar-refractivity contribution is 0.0528. The molecule has 0 aliphatic carbocycles. The Hall–Kier alpha value is -0.0400. The van der Waals surface area contributed by atoms with Gasteiger partial charge in [-0.15, -0.1) is 0 Å². The lowest BCUT2D eigenvalue weighted by atomic mass is 9.83. The van der Waals surface area contributed by atoms with Crippen molar-refractivity contribution < 1.29 is 0 Å². The van der Waals surface area contributed by atoms with Gasteiger partial charge in [0.05, 0.1) is 0 Å². The summed E-state index contributed by atoms with van der Waals surface area (Å²) in [5, 5.41) is 0. The fourth-order valence-electron chi connectivity index (χ4n) is 2.76. The molecule has 1 fully saturated rings. The summed E-state index contributed by atoms with van der Waals surface area (Å²) in [7, 11) is 0. The second-order valence-electron chi connectivity index (χ2n) is 5.44. The molecular formula is C15H33N. The number of hydrogen-bond acceptors (Lipinski definition) is 1. The largest absolute Gasteiger partial charge is 0.298 e. The highest BCUT2D eigenvalue weighted by Crippen LogP contribution is 2.30. The fraction of sp³-hybridized carbons (Fsp3) is 1.00. The Morgan fingerprint density at radius 3 is 2.06 bits per heavy atom. The van der Waals surface area contributed by atoms with E-state index in [1.165, 1.54) is 25.8 Å². The Labute approximate surface area is 104 Å². The highest BCUT2D eigenvalue weighted by molar-refractivity contribution is 4.84. The highest BCUT2D eigenvalue weighted by atomic mass is 15.2. The molecule has 0 spiro atoms. The van der Waals surface area contributed by atoms with E-state index in [4.69, 9.17) is 0 Å². The smallest absolute Gasteiger partial charge is 0.0124 e. The molecule has 0 aromatic heterocycles. The maximum atomic E-state index is 2.71. The summed E-state index contributed by atoms with van der Waals surface area (Å²) >= 11 is 0. The minimum absolute atomic E-state index is 0.722. The van der Waals surface area contributed by atoms with Crippen molar-refractivity contribution in [1.82, 2.24) is 4.90 Å². The van der Waals surface area contributed by atoms with Crippen LogP contribution >= 0.6 is 0 Å². The molecule has 0 N–H and O–H groups in total. The van der Waals surface area contributed by atoms with Crippen LogP contribution < -0.4 is 0 Å². The van der Waals surface area contributed by atoms with Crippen LogP contribution in [0.5, 0.6) is 0 Å². The van der Waals surface area contributed by atoms with Crippen LogP contribution in [0.3, 0.4) is 0 Å². The van der Waals surface area contributed by atoms with Crippen molar-refractivity contribution in [3.63, 3.8) is 0 Å². The van der Waals surface area contributed by atoms with Gasteiger partial charge in [-0.1, -0.05) is 41.0 Å². The SMILES string of the molecule is CC.CCC1CCN(C(C)C)C(C(C)C)C1. The van der Waals surface area contributed by atoms with Crippen molar-refractivity contribution in [2.24, 2.45) is 11.8 Å². The molecule has 2 unspecified atom stereocenters. The van der Waals surface area contributed by atoms with Gasteiger partial charge in [-0.05, 0) is 45.1 Å². The van der Waals surface area contributed by atoms with Crippen LogP contribution in [-0.2, 0) is 0 Å². The molecule has 0 aromatic rings. The van der Waals surface area contributed by atoms with Gasteiger partial charge in [0.15, 0.2) is 0 Å². The Bertz CT molecular complexity index is 163. The number of likely N-dealkylation sites (tertiary alicyclic amines) is 1. The van der Waals surface area contributed by atoms with Crippen LogP contribution in [0.2, 0.25) is 0 Å². The van der Waals surface area contributed by atoms with Crippen molar-refractivity contribution in [2.75, 3.05) is 6.54 Å². The van der Waals surface area contributed by atoms with Gasteiger partial charge in [-0.25, -0.2) is 0 Å². The Kier molecular flexibility index (Phi) is 8.09. The summed E-state index contributed by atoms with van der Waals surface area (Å²) in [6.45, 7) is 17.1. The number of hydrogen-bond donors (Lipinski definition) is 0. The fourth-order valence-corrected chi connectivity index (χ4v) is 2.76. The molecule has 1 heteroatoms. The van der Waals surface area contributed by atoms with E-state index in [0.29, 0.717) is 0 Å². The van der Waals surface area contributed by atoms with Crippen molar-refractivity contribution in [1.29, 1.82) is 0 Å². The molecule has 2 atom stereocenters. The highest BCUT2D eigenvalue weighted by Gasteiger charge is 2.30. The van der Waals surface area contributed by atoms with Gasteiger partial charge < -0.3 is 0 Å². The third-order valence-corrected chi connectivity index (χ3v) is 3.81. The average Bonchev–Trinajstić information content (AvgIpc) is 2.30. The third-order valence-electron chi connectivity index (χ3n) is 3.81. The molecule has 1 aliphatic rings. The van der Waals surface area contributed by atoms with Crippen molar-refractivity contribution in [3.8, 4) is 0 Å². The molecule has 0 radical (unpaired) electrons. The first-order chi connectivity index (χ1) is 7.56. The third kappa shape index (κ3) is 4.45. The molecule has 1 heterocycles. The second kappa shape index (κ2) is 8.11. The first-order valence-electron chi connectivity index (χ1n) is 7.32. The minimum Gasteiger partial charge on any atom is -0.298 e. The molecule has 0 saturated carbocycles. The summed E-state index contributed by atoms with van der Waals surface area (Å²) in [5.74, 6) is 1.80. The van der Waals surface area contributed by atoms with Crippen LogP contribution in [0.15, 0.2) is 0 Å². The molecule has 0 bridgehead atoms. The van der Waals surface area contributed by atoms with Crippen molar-refractivity contribution in [3.05, 3.63) is 0 Å². The first-order valence-corrected chi connectivity index (χ1v) is 7.32. The number of rotatable bonds is 3. The van der Waals surface area contributed by atoms with Gasteiger partial charge in [0, 0.05) is 12.1 Å². The van der Waals surface area contributed by atoms with Gasteiger partial charge >= 0.3 is 0 Å². The molecule has 98 valence electrons. The summed E-state index contributed by atoms with van der Waals surface area (Å²) in [6, 6.07) is 1.55. The first kappa shape index (κ1) is 16.0. The normalized spacial score (nSPS) is 26.8. The summed E-state index contributed by atoms with van der Waals surface area (Å²) in [5.41, 5.74) is 0. The zero-order valence-electron chi connectivity index (χ0n) is 12.6. The standard InChI is InChI=1S/C13H27N.C2H6/c1-6-12-7-8-14(11(4)5)13(9-12)10(2)3;1-2/h10-13H,6-9H2,1-5H3;1-2H3. The van der Waals surface area contributed by atoms with Crippen LogP contribution in [0.4, 0.5) is 0 Å². The quantitative estimate of drug-likeness (QED) is 0.683. The maximum Gasteiger partial charge on any atom is 0.0124 e. The number of nitrogens with zero attached hydrogens (tertiary/aromatic N) is 1. The molecule has 1 nitrogen and oxygen atoms in total. The van der Waals surface area contributed by atoms with Crippen LogP contribution in [0.1, 0.15) is 67.7 Å². The van der Waals surface area contributed by atoms with E-state index < -0.39 is 0 Å². The van der Waals surface area contributed by atoms with Crippen LogP contribution in [0, 0.1) is 11.8 Å². The van der Waals surface area contributed by atoms with E-state index in [-0.39, 0.29) is 0 Å². The van der Waals surface area contributed by atoms with Crippen LogP contribution in [-0.4, -0.2) is 23.5 Å². The zero-order valence-corrected chi connectivity index (χ0v) is 12.6. The molecule has 1 saturated heterocycles. The maximum absolute atomic E-state index is 2.71. The number of piperidine rings is 1. The molecule has 16 heavy (non-hydrogen) atoms. The summed E-state index contributed by atoms with van der Waals surface area (Å²) in [6.07, 6.45) is 4.21. The average molecular weight is 227 g/mol. The molecule has 1 aliphatic heterocycles. The van der Waals surface area contributed by atoms with E-state index in [2.05, 4.69) is 39.5 Å². The van der Waals surface area contributed by atoms with Gasteiger partial charge in [-0.3, -0.25) is 4.90 Å². The van der Waals surface area contributed by atoms with Crippen LogP contribution in [0.25, 0.3) is 0 Å². The zero-order chi connectivity index (χ0) is 12.7. The topological polar surface area (TPSA) is 3.24 Å². The summed E-state index contributed by atoms with van der Waals surface area (Å²) < 4.78 is 0. The predicted octanol–water partition coefficient (Wildman–Crippen LogP) is 4.57. The lowest BCUT2D eigenvalue weighted by Gasteiger charge is -2.44. The molecule has 1 rings (SSSR count). The Morgan fingerprint density at radius 1 is 1.12 bits per heavy atom.